The Hall–Kier alpha value is -1.88. The first-order valence-electron chi connectivity index (χ1n) is 9.57. The van der Waals surface area contributed by atoms with Gasteiger partial charge < -0.3 is 25.3 Å². The van der Waals surface area contributed by atoms with E-state index in [1.165, 1.54) is 17.0 Å². The van der Waals surface area contributed by atoms with E-state index in [0.717, 1.165) is 22.9 Å². The number of likely N-dealkylation sites (N-methyl/N-ethyl adjacent to an activating group) is 1. The molecule has 2 aromatic rings. The Morgan fingerprint density at radius 3 is 2.76 bits per heavy atom. The normalized spacial score (nSPS) is 11.2. The number of guanidine groups is 1. The lowest BCUT2D eigenvalue weighted by atomic mass is 10.1. The van der Waals surface area contributed by atoms with Gasteiger partial charge in [0.05, 0.1) is 0 Å². The van der Waals surface area contributed by atoms with Gasteiger partial charge in [-0.15, -0.1) is 24.0 Å². The predicted molar refractivity (Wildman–Crippen MR) is 125 cm³/mol. The van der Waals surface area contributed by atoms with Crippen molar-refractivity contribution in [1.82, 2.24) is 20.5 Å². The average molecular weight is 519 g/mol. The first-order valence-corrected chi connectivity index (χ1v) is 9.57. The number of hydrogen-bond donors (Lipinski definition) is 3. The molecule has 1 heterocycles. The fraction of sp³-hybridized carbons (Fsp3) is 0.500. The molecule has 162 valence electrons. The second kappa shape index (κ2) is 13.4. The SMILES string of the molecule is CCOCCCNC(=NCC(=O)N(C)C)NCCc1c[nH]c2ccc(F)cc12.I. The molecule has 0 radical (unpaired) electrons. The molecule has 0 aliphatic carbocycles. The summed E-state index contributed by atoms with van der Waals surface area (Å²) in [6.45, 7) is 4.71. The van der Waals surface area contributed by atoms with E-state index < -0.39 is 0 Å². The largest absolute Gasteiger partial charge is 0.382 e. The number of nitrogens with one attached hydrogen (secondary N) is 3. The summed E-state index contributed by atoms with van der Waals surface area (Å²) in [5.41, 5.74) is 1.94. The summed E-state index contributed by atoms with van der Waals surface area (Å²) < 4.78 is 18.8. The standard InChI is InChI=1S/C20H30FN5O2.HI/c1-4-28-11-5-9-22-20(25-14-19(27)26(2)3)23-10-8-15-13-24-18-7-6-16(21)12-17(15)18;/h6-7,12-13,24H,4-5,8-11,14H2,1-3H3,(H2,22,23,25);1H. The summed E-state index contributed by atoms with van der Waals surface area (Å²) in [7, 11) is 3.41. The Balaban J connectivity index is 0.00000420. The van der Waals surface area contributed by atoms with Gasteiger partial charge in [0.1, 0.15) is 12.4 Å². The number of fused-ring (bicyclic) bond motifs is 1. The van der Waals surface area contributed by atoms with Gasteiger partial charge in [-0.1, -0.05) is 0 Å². The first-order chi connectivity index (χ1) is 13.5. The third-order valence-corrected chi connectivity index (χ3v) is 4.25. The maximum absolute atomic E-state index is 13.5. The summed E-state index contributed by atoms with van der Waals surface area (Å²) in [5, 5.41) is 7.34. The number of carbonyl (C=O) groups excluding carboxylic acids is 1. The van der Waals surface area contributed by atoms with Gasteiger partial charge in [-0.2, -0.15) is 0 Å². The zero-order valence-electron chi connectivity index (χ0n) is 17.3. The highest BCUT2D eigenvalue weighted by Gasteiger charge is 2.07. The molecule has 7 nitrogen and oxygen atoms in total. The van der Waals surface area contributed by atoms with Crippen molar-refractivity contribution in [1.29, 1.82) is 0 Å². The van der Waals surface area contributed by atoms with Crippen LogP contribution < -0.4 is 10.6 Å². The van der Waals surface area contributed by atoms with Crippen LogP contribution in [0, 0.1) is 5.82 Å². The molecule has 0 aliphatic rings. The molecule has 0 aliphatic heterocycles. The van der Waals surface area contributed by atoms with Crippen LogP contribution in [-0.4, -0.2) is 68.7 Å². The zero-order valence-corrected chi connectivity index (χ0v) is 19.6. The van der Waals surface area contributed by atoms with E-state index in [9.17, 15) is 9.18 Å². The fourth-order valence-electron chi connectivity index (χ4n) is 2.66. The molecule has 1 amide bonds. The minimum atomic E-state index is -0.248. The number of ether oxygens (including phenoxy) is 1. The number of hydrogen-bond acceptors (Lipinski definition) is 3. The monoisotopic (exact) mass is 519 g/mol. The Bertz CT molecular complexity index is 794. The van der Waals surface area contributed by atoms with E-state index in [1.807, 2.05) is 13.1 Å². The zero-order chi connectivity index (χ0) is 20.4. The second-order valence-corrected chi connectivity index (χ2v) is 6.61. The van der Waals surface area contributed by atoms with Crippen LogP contribution >= 0.6 is 24.0 Å². The molecular formula is C20H31FIN5O2. The Labute approximate surface area is 188 Å². The fourth-order valence-corrected chi connectivity index (χ4v) is 2.66. The number of rotatable bonds is 10. The Morgan fingerprint density at radius 2 is 2.03 bits per heavy atom. The number of halogens is 2. The van der Waals surface area contributed by atoms with Gasteiger partial charge in [0.25, 0.3) is 0 Å². The van der Waals surface area contributed by atoms with Gasteiger partial charge >= 0.3 is 0 Å². The van der Waals surface area contributed by atoms with Crippen molar-refractivity contribution in [2.24, 2.45) is 4.99 Å². The number of nitrogens with zero attached hydrogens (tertiary/aromatic N) is 2. The van der Waals surface area contributed by atoms with E-state index in [1.54, 1.807) is 20.2 Å². The van der Waals surface area contributed by atoms with Crippen LogP contribution in [0.5, 0.6) is 0 Å². The molecule has 9 heteroatoms. The van der Waals surface area contributed by atoms with Crippen LogP contribution in [0.2, 0.25) is 0 Å². The second-order valence-electron chi connectivity index (χ2n) is 6.61. The number of amides is 1. The van der Waals surface area contributed by atoms with Crippen molar-refractivity contribution in [2.75, 3.05) is 46.9 Å². The van der Waals surface area contributed by atoms with Crippen LogP contribution in [0.4, 0.5) is 4.39 Å². The number of carbonyl (C=O) groups is 1. The summed E-state index contributed by atoms with van der Waals surface area (Å²) >= 11 is 0. The van der Waals surface area contributed by atoms with E-state index in [-0.39, 0.29) is 42.2 Å². The van der Waals surface area contributed by atoms with Crippen LogP contribution in [0.25, 0.3) is 10.9 Å². The van der Waals surface area contributed by atoms with Gasteiger partial charge in [-0.3, -0.25) is 4.79 Å². The minimum Gasteiger partial charge on any atom is -0.382 e. The van der Waals surface area contributed by atoms with Gasteiger partial charge in [0.2, 0.25) is 5.91 Å². The van der Waals surface area contributed by atoms with Crippen molar-refractivity contribution in [3.05, 3.63) is 35.8 Å². The lowest BCUT2D eigenvalue weighted by molar-refractivity contribution is -0.127. The van der Waals surface area contributed by atoms with Crippen LogP contribution in [-0.2, 0) is 16.0 Å². The number of aliphatic imine (C=N–C) groups is 1. The smallest absolute Gasteiger partial charge is 0.243 e. The number of H-pyrrole nitrogens is 1. The van der Waals surface area contributed by atoms with Crippen molar-refractivity contribution in [2.45, 2.75) is 19.8 Å². The summed E-state index contributed by atoms with van der Waals surface area (Å²) in [5.74, 6) is 0.266. The molecule has 1 aromatic heterocycles. The lowest BCUT2D eigenvalue weighted by Gasteiger charge is -2.14. The number of aromatic amines is 1. The van der Waals surface area contributed by atoms with E-state index in [4.69, 9.17) is 4.74 Å². The summed E-state index contributed by atoms with van der Waals surface area (Å²) in [6.07, 6.45) is 3.44. The molecule has 0 atom stereocenters. The van der Waals surface area contributed by atoms with Crippen LogP contribution in [0.15, 0.2) is 29.4 Å². The van der Waals surface area contributed by atoms with Crippen molar-refractivity contribution in [3.63, 3.8) is 0 Å². The maximum atomic E-state index is 13.5. The van der Waals surface area contributed by atoms with Crippen molar-refractivity contribution < 1.29 is 13.9 Å². The van der Waals surface area contributed by atoms with E-state index in [0.29, 0.717) is 38.7 Å². The molecule has 0 saturated heterocycles. The third-order valence-electron chi connectivity index (χ3n) is 4.25. The predicted octanol–water partition coefficient (Wildman–Crippen LogP) is 2.52. The van der Waals surface area contributed by atoms with Crippen LogP contribution in [0.3, 0.4) is 0 Å². The summed E-state index contributed by atoms with van der Waals surface area (Å²) in [6, 6.07) is 4.72. The molecule has 2 rings (SSSR count). The maximum Gasteiger partial charge on any atom is 0.243 e. The molecule has 0 bridgehead atoms. The first kappa shape index (κ1) is 25.2. The highest BCUT2D eigenvalue weighted by molar-refractivity contribution is 14.0. The van der Waals surface area contributed by atoms with Gasteiger partial charge in [-0.05, 0) is 43.5 Å². The highest BCUT2D eigenvalue weighted by Crippen LogP contribution is 2.19. The number of aromatic nitrogens is 1. The summed E-state index contributed by atoms with van der Waals surface area (Å²) in [4.78, 5) is 20.8. The minimum absolute atomic E-state index is 0. The molecule has 1 aromatic carbocycles. The van der Waals surface area contributed by atoms with E-state index >= 15 is 0 Å². The lowest BCUT2D eigenvalue weighted by Crippen LogP contribution is -2.40. The molecule has 29 heavy (non-hydrogen) atoms. The molecular weight excluding hydrogens is 488 g/mol. The highest BCUT2D eigenvalue weighted by atomic mass is 127. The molecule has 3 N–H and O–H groups in total. The molecule has 0 spiro atoms. The molecule has 0 saturated carbocycles. The van der Waals surface area contributed by atoms with Crippen LogP contribution in [0.1, 0.15) is 18.9 Å². The van der Waals surface area contributed by atoms with Crippen molar-refractivity contribution >= 4 is 46.7 Å². The van der Waals surface area contributed by atoms with E-state index in [2.05, 4.69) is 20.6 Å². The van der Waals surface area contributed by atoms with Crippen molar-refractivity contribution in [3.8, 4) is 0 Å². The molecule has 0 unspecified atom stereocenters. The quantitative estimate of drug-likeness (QED) is 0.195. The third kappa shape index (κ3) is 8.57. The number of benzene rings is 1. The average Bonchev–Trinajstić information content (AvgIpc) is 3.07. The Morgan fingerprint density at radius 1 is 1.28 bits per heavy atom. The van der Waals surface area contributed by atoms with Gasteiger partial charge in [0, 0.05) is 57.5 Å². The Kier molecular flexibility index (Phi) is 11.6. The van der Waals surface area contributed by atoms with Gasteiger partial charge in [0.15, 0.2) is 5.96 Å². The topological polar surface area (TPSA) is 81.8 Å². The molecule has 0 fully saturated rings. The van der Waals surface area contributed by atoms with Gasteiger partial charge in [-0.25, -0.2) is 9.38 Å².